The van der Waals surface area contributed by atoms with Gasteiger partial charge in [0.2, 0.25) is 0 Å². The first kappa shape index (κ1) is 26.6. The minimum atomic E-state index is -3.50. The summed E-state index contributed by atoms with van der Waals surface area (Å²) in [6.07, 6.45) is -5.02. The summed E-state index contributed by atoms with van der Waals surface area (Å²) in [4.78, 5) is 35.3. The number of hydrogen-bond acceptors (Lipinski definition) is 9. The van der Waals surface area contributed by atoms with E-state index in [1.54, 1.807) is 0 Å². The number of ether oxygens (including phenoxy) is 3. The van der Waals surface area contributed by atoms with E-state index >= 15 is 0 Å². The van der Waals surface area contributed by atoms with Crippen molar-refractivity contribution >= 4 is 28.5 Å². The van der Waals surface area contributed by atoms with Gasteiger partial charge in [-0.3, -0.25) is 18.7 Å². The molecule has 14 heteroatoms. The summed E-state index contributed by atoms with van der Waals surface area (Å²) >= 11 is 0. The van der Waals surface area contributed by atoms with E-state index in [1.807, 2.05) is 33.9 Å². The molecule has 0 saturated carbocycles. The van der Waals surface area contributed by atoms with Gasteiger partial charge in [0.1, 0.15) is 12.1 Å². The molecule has 0 aliphatic carbocycles. The van der Waals surface area contributed by atoms with Crippen molar-refractivity contribution < 1.29 is 42.2 Å². The molecule has 172 valence electrons. The lowest BCUT2D eigenvalue weighted by Crippen LogP contribution is -2.61. The molecule has 0 aromatic rings. The number of rotatable bonds is 8. The predicted octanol–water partition coefficient (Wildman–Crippen LogP) is 2.67. The zero-order chi connectivity index (χ0) is 23.3. The van der Waals surface area contributed by atoms with Gasteiger partial charge in [0, 0.05) is 18.8 Å². The van der Waals surface area contributed by atoms with E-state index in [0.717, 1.165) is 13.8 Å². The first-order valence-electron chi connectivity index (χ1n) is 9.27. The Morgan fingerprint density at radius 1 is 1.20 bits per heavy atom. The number of nitrogens with zero attached hydrogens (tertiary/aromatic N) is 3. The van der Waals surface area contributed by atoms with Crippen LogP contribution in [0.4, 0.5) is 0 Å². The SMILES string of the molecule is CC(=O)O[C@@H]1C(CO[Si](C)(C)C(C)(C)C)O[C@H](O[PH](=O)O)C(N=[N+]=[N-])[C@H]1OC(C)=O. The molecular weight excluding hydrogens is 437 g/mol. The summed E-state index contributed by atoms with van der Waals surface area (Å²) in [5.74, 6) is -1.43. The number of esters is 2. The highest BCUT2D eigenvalue weighted by atomic mass is 31.1. The molecule has 1 aliphatic rings. The van der Waals surface area contributed by atoms with Gasteiger partial charge in [-0.2, -0.15) is 0 Å². The van der Waals surface area contributed by atoms with Gasteiger partial charge in [-0.15, -0.1) is 0 Å². The van der Waals surface area contributed by atoms with Crippen LogP contribution in [0.25, 0.3) is 10.4 Å². The molecule has 0 spiro atoms. The van der Waals surface area contributed by atoms with E-state index < -0.39 is 59.2 Å². The van der Waals surface area contributed by atoms with Gasteiger partial charge in [0.25, 0.3) is 0 Å². The lowest BCUT2D eigenvalue weighted by molar-refractivity contribution is -0.250. The minimum absolute atomic E-state index is 0.0680. The van der Waals surface area contributed by atoms with E-state index in [9.17, 15) is 19.0 Å². The Bertz CT molecular complexity index is 709. The van der Waals surface area contributed by atoms with Crippen molar-refractivity contribution in [3.05, 3.63) is 10.4 Å². The quantitative estimate of drug-likeness (QED) is 0.141. The highest BCUT2D eigenvalue weighted by molar-refractivity contribution is 7.32. The number of azide groups is 1. The molecule has 0 amide bonds. The summed E-state index contributed by atoms with van der Waals surface area (Å²) in [5.41, 5.74) is 8.90. The third-order valence-corrected chi connectivity index (χ3v) is 9.97. The molecule has 1 N–H and O–H groups in total. The van der Waals surface area contributed by atoms with E-state index in [2.05, 4.69) is 10.0 Å². The molecule has 12 nitrogen and oxygen atoms in total. The first-order chi connectivity index (χ1) is 13.7. The maximum Gasteiger partial charge on any atom is 0.318 e. The smallest absolute Gasteiger partial charge is 0.318 e. The first-order valence-corrected chi connectivity index (χ1v) is 13.4. The maximum absolute atomic E-state index is 11.7. The number of hydrogen-bond donors (Lipinski definition) is 1. The maximum atomic E-state index is 11.7. The molecule has 1 aliphatic heterocycles. The van der Waals surface area contributed by atoms with Crippen LogP contribution < -0.4 is 0 Å². The van der Waals surface area contributed by atoms with Gasteiger partial charge < -0.3 is 23.5 Å². The van der Waals surface area contributed by atoms with Crippen molar-refractivity contribution in [2.45, 2.75) is 83.4 Å². The number of carbonyl (C=O) groups is 2. The van der Waals surface area contributed by atoms with Crippen LogP contribution in [0.15, 0.2) is 5.11 Å². The van der Waals surface area contributed by atoms with Gasteiger partial charge in [-0.1, -0.05) is 25.9 Å². The summed E-state index contributed by atoms with van der Waals surface area (Å²) in [5, 5.41) is 3.36. The van der Waals surface area contributed by atoms with E-state index in [-0.39, 0.29) is 11.6 Å². The fraction of sp³-hybridized carbons (Fsp3) is 0.875. The van der Waals surface area contributed by atoms with E-state index in [1.165, 1.54) is 0 Å². The molecule has 1 fully saturated rings. The van der Waals surface area contributed by atoms with Crippen LogP contribution in [0, 0.1) is 0 Å². The highest BCUT2D eigenvalue weighted by Gasteiger charge is 2.51. The molecule has 6 atom stereocenters. The largest absolute Gasteiger partial charge is 0.458 e. The fourth-order valence-corrected chi connectivity index (χ4v) is 3.98. The zero-order valence-corrected chi connectivity index (χ0v) is 20.1. The normalized spacial score (nSPS) is 28.2. The van der Waals surface area contributed by atoms with Crippen LogP contribution >= 0.6 is 8.25 Å². The second kappa shape index (κ2) is 10.7. The molecule has 30 heavy (non-hydrogen) atoms. The van der Waals surface area contributed by atoms with Crippen molar-refractivity contribution in [2.24, 2.45) is 5.11 Å². The molecule has 0 aromatic carbocycles. The topological polar surface area (TPSA) is 166 Å². The Kier molecular flexibility index (Phi) is 9.49. The standard InChI is InChI=1S/C16H30N3O9PSi/c1-9(20)25-13-11(8-24-30(6,7)16(3,4)5)27-15(28-29(22)23)12(18-19-17)14(13)26-10(2)21/h11-15,29H,8H2,1-7H3,(H,22,23)/t11?,12?,13-,14-,15-/m1/s1. The molecule has 0 aromatic heterocycles. The molecule has 1 rings (SSSR count). The van der Waals surface area contributed by atoms with Gasteiger partial charge >= 0.3 is 20.2 Å². The van der Waals surface area contributed by atoms with Crippen LogP contribution in [0.3, 0.4) is 0 Å². The number of carbonyl (C=O) groups excluding carboxylic acids is 2. The molecule has 3 unspecified atom stereocenters. The van der Waals surface area contributed by atoms with Gasteiger partial charge in [-0.05, 0) is 23.7 Å². The molecule has 1 saturated heterocycles. The summed E-state index contributed by atoms with van der Waals surface area (Å²) < 4.78 is 38.6. The van der Waals surface area contributed by atoms with Crippen LogP contribution in [0.2, 0.25) is 18.1 Å². The Morgan fingerprint density at radius 2 is 1.73 bits per heavy atom. The Labute approximate surface area is 176 Å². The van der Waals surface area contributed by atoms with Gasteiger partial charge in [0.05, 0.1) is 6.61 Å². The van der Waals surface area contributed by atoms with Crippen LogP contribution in [0.5, 0.6) is 0 Å². The van der Waals surface area contributed by atoms with E-state index in [0.29, 0.717) is 0 Å². The fourth-order valence-electron chi connectivity index (χ4n) is 2.57. The van der Waals surface area contributed by atoms with Crippen molar-refractivity contribution in [1.82, 2.24) is 0 Å². The minimum Gasteiger partial charge on any atom is -0.458 e. The molecule has 0 bridgehead atoms. The predicted molar refractivity (Wildman–Crippen MR) is 108 cm³/mol. The summed E-state index contributed by atoms with van der Waals surface area (Å²) in [6.45, 7) is 12.3. The molecule has 1 heterocycles. The Hall–Kier alpha value is -1.46. The third kappa shape index (κ3) is 7.35. The van der Waals surface area contributed by atoms with Crippen LogP contribution in [0.1, 0.15) is 34.6 Å². The van der Waals surface area contributed by atoms with Crippen LogP contribution in [-0.2, 0) is 37.3 Å². The summed E-state index contributed by atoms with van der Waals surface area (Å²) in [6, 6.07) is -1.37. The lowest BCUT2D eigenvalue weighted by Gasteiger charge is -2.44. The van der Waals surface area contributed by atoms with Crippen molar-refractivity contribution in [3.63, 3.8) is 0 Å². The second-order valence-corrected chi connectivity index (χ2v) is 13.9. The Balaban J connectivity index is 3.33. The molecule has 0 radical (unpaired) electrons. The van der Waals surface area contributed by atoms with E-state index in [4.69, 9.17) is 28.7 Å². The van der Waals surface area contributed by atoms with Crippen molar-refractivity contribution in [2.75, 3.05) is 6.61 Å². The third-order valence-electron chi connectivity index (χ3n) is 5.04. The lowest BCUT2D eigenvalue weighted by atomic mass is 9.97. The molecular formula is C16H30N3O9PSi. The van der Waals surface area contributed by atoms with Crippen LogP contribution in [-0.4, -0.2) is 62.4 Å². The Morgan fingerprint density at radius 3 is 2.17 bits per heavy atom. The monoisotopic (exact) mass is 467 g/mol. The van der Waals surface area contributed by atoms with Gasteiger partial charge in [0.15, 0.2) is 26.8 Å². The van der Waals surface area contributed by atoms with Gasteiger partial charge in [-0.25, -0.2) is 0 Å². The average molecular weight is 467 g/mol. The second-order valence-electron chi connectivity index (χ2n) is 8.34. The van der Waals surface area contributed by atoms with Crippen molar-refractivity contribution in [3.8, 4) is 0 Å². The zero-order valence-electron chi connectivity index (χ0n) is 18.1. The average Bonchev–Trinajstić information content (AvgIpc) is 2.56. The van der Waals surface area contributed by atoms with Crippen molar-refractivity contribution in [1.29, 1.82) is 0 Å². The summed E-state index contributed by atoms with van der Waals surface area (Å²) in [7, 11) is -5.76. The highest BCUT2D eigenvalue weighted by Crippen LogP contribution is 2.38.